The summed E-state index contributed by atoms with van der Waals surface area (Å²) in [5, 5.41) is 9.42. The third-order valence-corrected chi connectivity index (χ3v) is 2.40. The van der Waals surface area contributed by atoms with Crippen molar-refractivity contribution < 1.29 is 4.79 Å². The van der Waals surface area contributed by atoms with Crippen LogP contribution in [0.1, 0.15) is 29.5 Å². The van der Waals surface area contributed by atoms with Crippen LogP contribution in [0.2, 0.25) is 0 Å². The highest BCUT2D eigenvalue weighted by Gasteiger charge is 2.08. The summed E-state index contributed by atoms with van der Waals surface area (Å²) in [6, 6.07) is 6.20. The van der Waals surface area contributed by atoms with Crippen molar-refractivity contribution in [3.05, 3.63) is 46.0 Å². The summed E-state index contributed by atoms with van der Waals surface area (Å²) in [7, 11) is 0. The van der Waals surface area contributed by atoms with Crippen molar-refractivity contribution in [3.63, 3.8) is 0 Å². The van der Waals surface area contributed by atoms with Gasteiger partial charge >= 0.3 is 0 Å². The van der Waals surface area contributed by atoms with Gasteiger partial charge in [0.25, 0.3) is 5.91 Å². The molecule has 0 fully saturated rings. The molecule has 0 aliphatic carbocycles. The van der Waals surface area contributed by atoms with Gasteiger partial charge in [0.05, 0.1) is 0 Å². The molecule has 0 radical (unpaired) electrons. The molecule has 2 aromatic heterocycles. The zero-order valence-corrected chi connectivity index (χ0v) is 9.99. The predicted octanol–water partition coefficient (Wildman–Crippen LogP) is 1.30. The molecule has 3 N–H and O–H groups in total. The van der Waals surface area contributed by atoms with Crippen molar-refractivity contribution in [2.75, 3.05) is 5.32 Å². The summed E-state index contributed by atoms with van der Waals surface area (Å²) in [5.74, 6) is 0.0652. The fourth-order valence-electron chi connectivity index (χ4n) is 1.59. The Labute approximate surface area is 103 Å². The zero-order chi connectivity index (χ0) is 13.0. The maximum atomic E-state index is 11.8. The van der Waals surface area contributed by atoms with Gasteiger partial charge in [0.2, 0.25) is 5.56 Å². The monoisotopic (exact) mass is 246 g/mol. The van der Waals surface area contributed by atoms with Crippen LogP contribution in [0.25, 0.3) is 0 Å². The number of aryl methyl sites for hydroxylation is 1. The van der Waals surface area contributed by atoms with Gasteiger partial charge < -0.3 is 10.3 Å². The Morgan fingerprint density at radius 2 is 2.28 bits per heavy atom. The average Bonchev–Trinajstić information content (AvgIpc) is 2.77. The molecular formula is C12H14N4O2. The second-order valence-corrected chi connectivity index (χ2v) is 3.91. The van der Waals surface area contributed by atoms with Gasteiger partial charge in [0.1, 0.15) is 5.69 Å². The fourth-order valence-corrected chi connectivity index (χ4v) is 1.59. The standard InChI is InChI=1S/C12H14N4O2/c1-2-4-8-7-10(16-15-8)14-12(18)9-5-3-6-11(17)13-9/h3,5-7H,2,4H2,1H3,(H,13,17)(H2,14,15,16,18). The second kappa shape index (κ2) is 5.31. The Morgan fingerprint density at radius 3 is 3.00 bits per heavy atom. The van der Waals surface area contributed by atoms with E-state index in [1.54, 1.807) is 6.07 Å². The van der Waals surface area contributed by atoms with Crippen molar-refractivity contribution in [1.82, 2.24) is 15.2 Å². The molecule has 6 heteroatoms. The summed E-state index contributed by atoms with van der Waals surface area (Å²) in [6.45, 7) is 2.06. The first-order valence-electron chi connectivity index (χ1n) is 5.74. The summed E-state index contributed by atoms with van der Waals surface area (Å²) >= 11 is 0. The van der Waals surface area contributed by atoms with Crippen LogP contribution in [0.4, 0.5) is 5.82 Å². The largest absolute Gasteiger partial charge is 0.318 e. The summed E-state index contributed by atoms with van der Waals surface area (Å²) in [6.07, 6.45) is 1.88. The molecule has 0 saturated carbocycles. The van der Waals surface area contributed by atoms with Crippen LogP contribution >= 0.6 is 0 Å². The normalized spacial score (nSPS) is 10.3. The van der Waals surface area contributed by atoms with Crippen molar-refractivity contribution in [2.24, 2.45) is 0 Å². The number of aromatic amines is 2. The minimum absolute atomic E-state index is 0.211. The molecular weight excluding hydrogens is 232 g/mol. The number of carbonyl (C=O) groups is 1. The number of amides is 1. The number of rotatable bonds is 4. The number of nitrogens with zero attached hydrogens (tertiary/aromatic N) is 1. The highest BCUT2D eigenvalue weighted by Crippen LogP contribution is 2.08. The summed E-state index contributed by atoms with van der Waals surface area (Å²) in [5.41, 5.74) is 0.869. The van der Waals surface area contributed by atoms with E-state index in [9.17, 15) is 9.59 Å². The van der Waals surface area contributed by atoms with E-state index in [0.717, 1.165) is 18.5 Å². The Bertz CT molecular complexity index is 600. The lowest BCUT2D eigenvalue weighted by Gasteiger charge is -2.00. The highest BCUT2D eigenvalue weighted by atomic mass is 16.2. The quantitative estimate of drug-likeness (QED) is 0.759. The van der Waals surface area contributed by atoms with Gasteiger partial charge in [-0.1, -0.05) is 19.4 Å². The molecule has 94 valence electrons. The minimum Gasteiger partial charge on any atom is -0.318 e. The number of nitrogens with one attached hydrogen (secondary N) is 3. The average molecular weight is 246 g/mol. The van der Waals surface area contributed by atoms with Crippen LogP contribution in [0.5, 0.6) is 0 Å². The molecule has 2 rings (SSSR count). The molecule has 0 atom stereocenters. The van der Waals surface area contributed by atoms with E-state index in [0.29, 0.717) is 5.82 Å². The van der Waals surface area contributed by atoms with Crippen molar-refractivity contribution >= 4 is 11.7 Å². The zero-order valence-electron chi connectivity index (χ0n) is 9.99. The smallest absolute Gasteiger partial charge is 0.273 e. The Hall–Kier alpha value is -2.37. The van der Waals surface area contributed by atoms with Gasteiger partial charge in [0.15, 0.2) is 5.82 Å². The molecule has 6 nitrogen and oxygen atoms in total. The van der Waals surface area contributed by atoms with Crippen molar-refractivity contribution in [1.29, 1.82) is 0 Å². The highest BCUT2D eigenvalue weighted by molar-refractivity contribution is 6.02. The van der Waals surface area contributed by atoms with E-state index in [1.165, 1.54) is 18.2 Å². The lowest BCUT2D eigenvalue weighted by molar-refractivity contribution is 0.102. The van der Waals surface area contributed by atoms with Crippen molar-refractivity contribution in [3.8, 4) is 0 Å². The van der Waals surface area contributed by atoms with Gasteiger partial charge in [-0.3, -0.25) is 14.7 Å². The van der Waals surface area contributed by atoms with Crippen LogP contribution in [-0.4, -0.2) is 21.1 Å². The molecule has 2 heterocycles. The number of pyridine rings is 1. The van der Waals surface area contributed by atoms with E-state index >= 15 is 0 Å². The van der Waals surface area contributed by atoms with Gasteiger partial charge in [-0.15, -0.1) is 0 Å². The van der Waals surface area contributed by atoms with Gasteiger partial charge in [-0.2, -0.15) is 5.10 Å². The van der Waals surface area contributed by atoms with Crippen molar-refractivity contribution in [2.45, 2.75) is 19.8 Å². The third kappa shape index (κ3) is 2.85. The summed E-state index contributed by atoms with van der Waals surface area (Å²) < 4.78 is 0. The van der Waals surface area contributed by atoms with E-state index in [4.69, 9.17) is 0 Å². The molecule has 0 aromatic carbocycles. The van der Waals surface area contributed by atoms with E-state index < -0.39 is 0 Å². The summed E-state index contributed by atoms with van der Waals surface area (Å²) in [4.78, 5) is 25.3. The number of carbonyl (C=O) groups excluding carboxylic acids is 1. The fraction of sp³-hybridized carbons (Fsp3) is 0.250. The van der Waals surface area contributed by atoms with Crippen LogP contribution in [-0.2, 0) is 6.42 Å². The second-order valence-electron chi connectivity index (χ2n) is 3.91. The predicted molar refractivity (Wildman–Crippen MR) is 67.6 cm³/mol. The molecule has 0 unspecified atom stereocenters. The third-order valence-electron chi connectivity index (χ3n) is 2.40. The Balaban J connectivity index is 2.08. The van der Waals surface area contributed by atoms with Crippen LogP contribution in [0, 0.1) is 0 Å². The van der Waals surface area contributed by atoms with Gasteiger partial charge in [-0.25, -0.2) is 0 Å². The molecule has 0 bridgehead atoms. The molecule has 0 aliphatic heterocycles. The van der Waals surface area contributed by atoms with E-state index in [1.807, 2.05) is 0 Å². The molecule has 18 heavy (non-hydrogen) atoms. The topological polar surface area (TPSA) is 90.6 Å². The first kappa shape index (κ1) is 12.1. The number of hydrogen-bond donors (Lipinski definition) is 3. The molecule has 1 amide bonds. The van der Waals surface area contributed by atoms with Crippen LogP contribution < -0.4 is 10.9 Å². The number of anilines is 1. The van der Waals surface area contributed by atoms with E-state index in [2.05, 4.69) is 27.4 Å². The lowest BCUT2D eigenvalue weighted by atomic mass is 10.2. The molecule has 2 aromatic rings. The van der Waals surface area contributed by atoms with Gasteiger partial charge in [-0.05, 0) is 12.5 Å². The minimum atomic E-state index is -0.387. The maximum absolute atomic E-state index is 11.8. The first-order chi connectivity index (χ1) is 8.69. The number of aromatic nitrogens is 3. The Morgan fingerprint density at radius 1 is 1.44 bits per heavy atom. The molecule has 0 spiro atoms. The van der Waals surface area contributed by atoms with Crippen LogP contribution in [0.3, 0.4) is 0 Å². The Kier molecular flexibility index (Phi) is 3.57. The first-order valence-corrected chi connectivity index (χ1v) is 5.74. The SMILES string of the molecule is CCCc1cc(NC(=O)c2cccc(=O)[nH]2)n[nH]1. The molecule has 0 saturated heterocycles. The number of H-pyrrole nitrogens is 2. The van der Waals surface area contributed by atoms with E-state index in [-0.39, 0.29) is 17.2 Å². The number of hydrogen-bond acceptors (Lipinski definition) is 3. The van der Waals surface area contributed by atoms with Gasteiger partial charge in [0, 0.05) is 17.8 Å². The van der Waals surface area contributed by atoms with Crippen LogP contribution in [0.15, 0.2) is 29.1 Å². The maximum Gasteiger partial charge on any atom is 0.273 e. The molecule has 0 aliphatic rings. The lowest BCUT2D eigenvalue weighted by Crippen LogP contribution is -2.18.